The maximum Gasteiger partial charge on any atom is 0.203 e. The second-order valence-electron chi connectivity index (χ2n) is 4.91. The molecule has 0 aromatic carbocycles. The predicted octanol–water partition coefficient (Wildman–Crippen LogP) is 2.22. The van der Waals surface area contributed by atoms with Gasteiger partial charge in [0.15, 0.2) is 0 Å². The van der Waals surface area contributed by atoms with Crippen molar-refractivity contribution in [2.75, 3.05) is 25.1 Å². The molecule has 1 unspecified atom stereocenters. The van der Waals surface area contributed by atoms with E-state index in [1.165, 1.54) is 0 Å². The summed E-state index contributed by atoms with van der Waals surface area (Å²) in [7, 11) is 0. The third kappa shape index (κ3) is 2.55. The summed E-state index contributed by atoms with van der Waals surface area (Å²) < 4.78 is 7.65. The predicted molar refractivity (Wildman–Crippen MR) is 64.8 cm³/mol. The van der Waals surface area contributed by atoms with E-state index in [1.807, 2.05) is 6.92 Å². The van der Waals surface area contributed by atoms with E-state index >= 15 is 0 Å². The molecule has 4 heteroatoms. The van der Waals surface area contributed by atoms with Gasteiger partial charge < -0.3 is 14.6 Å². The van der Waals surface area contributed by atoms with E-state index in [-0.39, 0.29) is 0 Å². The summed E-state index contributed by atoms with van der Waals surface area (Å²) in [5, 5.41) is 3.41. The first-order valence-corrected chi connectivity index (χ1v) is 6.04. The normalized spacial score (nSPS) is 20.6. The number of anilines is 1. The highest BCUT2D eigenvalue weighted by atomic mass is 16.5. The maximum atomic E-state index is 5.42. The third-order valence-corrected chi connectivity index (χ3v) is 2.82. The summed E-state index contributed by atoms with van der Waals surface area (Å²) in [5.41, 5.74) is 1.07. The molecule has 1 N–H and O–H groups in total. The van der Waals surface area contributed by atoms with Crippen LogP contribution in [0, 0.1) is 12.8 Å². The monoisotopic (exact) mass is 223 g/mol. The van der Waals surface area contributed by atoms with E-state index in [4.69, 9.17) is 4.74 Å². The van der Waals surface area contributed by atoms with Crippen LogP contribution < -0.4 is 5.32 Å². The van der Waals surface area contributed by atoms with Crippen molar-refractivity contribution in [3.63, 3.8) is 0 Å². The molecule has 0 saturated carbocycles. The average Bonchev–Trinajstić information content (AvgIpc) is 2.82. The molecular weight excluding hydrogens is 202 g/mol. The summed E-state index contributed by atoms with van der Waals surface area (Å²) in [6.45, 7) is 9.08. The highest BCUT2D eigenvalue weighted by molar-refractivity contribution is 5.29. The van der Waals surface area contributed by atoms with E-state index in [2.05, 4.69) is 34.9 Å². The van der Waals surface area contributed by atoms with Crippen LogP contribution in [-0.4, -0.2) is 29.3 Å². The van der Waals surface area contributed by atoms with E-state index in [1.54, 1.807) is 0 Å². The minimum absolute atomic E-state index is 0.455. The molecule has 0 spiro atoms. The van der Waals surface area contributed by atoms with Crippen molar-refractivity contribution in [1.82, 2.24) is 9.55 Å². The lowest BCUT2D eigenvalue weighted by atomic mass is 10.2. The minimum Gasteiger partial charge on any atom is -0.379 e. The van der Waals surface area contributed by atoms with Gasteiger partial charge in [-0.15, -0.1) is 0 Å². The van der Waals surface area contributed by atoms with Crippen molar-refractivity contribution < 1.29 is 4.74 Å². The van der Waals surface area contributed by atoms with E-state index in [0.29, 0.717) is 12.0 Å². The fourth-order valence-electron chi connectivity index (χ4n) is 1.96. The summed E-state index contributed by atoms with van der Waals surface area (Å²) in [4.78, 5) is 4.52. The molecule has 1 atom stereocenters. The van der Waals surface area contributed by atoms with Gasteiger partial charge in [-0.1, -0.05) is 13.8 Å². The highest BCUT2D eigenvalue weighted by Crippen LogP contribution is 2.23. The third-order valence-electron chi connectivity index (χ3n) is 2.82. The molecule has 1 aliphatic heterocycles. The number of aromatic nitrogens is 2. The Hall–Kier alpha value is -1.03. The zero-order valence-corrected chi connectivity index (χ0v) is 10.4. The molecule has 2 rings (SSSR count). The van der Waals surface area contributed by atoms with Gasteiger partial charge in [-0.2, -0.15) is 0 Å². The van der Waals surface area contributed by atoms with Crippen LogP contribution in [0.25, 0.3) is 0 Å². The number of ether oxygens (including phenoxy) is 1. The largest absolute Gasteiger partial charge is 0.379 e. The van der Waals surface area contributed by atoms with Crippen molar-refractivity contribution in [2.24, 2.45) is 5.92 Å². The molecule has 90 valence electrons. The molecule has 16 heavy (non-hydrogen) atoms. The number of aryl methyl sites for hydroxylation is 1. The Morgan fingerprint density at radius 3 is 3.06 bits per heavy atom. The Bertz CT molecular complexity index is 340. The van der Waals surface area contributed by atoms with Gasteiger partial charge in [0.25, 0.3) is 0 Å². The molecule has 1 aromatic rings. The van der Waals surface area contributed by atoms with Crippen LogP contribution in [0.3, 0.4) is 0 Å². The Morgan fingerprint density at radius 1 is 1.62 bits per heavy atom. The van der Waals surface area contributed by atoms with Gasteiger partial charge in [0, 0.05) is 19.3 Å². The lowest BCUT2D eigenvalue weighted by Gasteiger charge is -2.15. The zero-order valence-electron chi connectivity index (χ0n) is 10.4. The molecule has 1 aromatic heterocycles. The van der Waals surface area contributed by atoms with Crippen molar-refractivity contribution in [2.45, 2.75) is 33.2 Å². The fraction of sp³-hybridized carbons (Fsp3) is 0.750. The standard InChI is InChI=1S/C12H21N3O/c1-9(2)6-13-12-14-10(3)7-15(12)11-4-5-16-8-11/h7,9,11H,4-6,8H2,1-3H3,(H,13,14). The average molecular weight is 223 g/mol. The molecule has 2 heterocycles. The van der Waals surface area contributed by atoms with Gasteiger partial charge in [0.05, 0.1) is 18.3 Å². The molecule has 0 radical (unpaired) electrons. The Morgan fingerprint density at radius 2 is 2.44 bits per heavy atom. The van der Waals surface area contributed by atoms with Crippen molar-refractivity contribution in [3.8, 4) is 0 Å². The van der Waals surface area contributed by atoms with Crippen LogP contribution >= 0.6 is 0 Å². The summed E-state index contributed by atoms with van der Waals surface area (Å²) in [5.74, 6) is 1.62. The van der Waals surface area contributed by atoms with E-state index in [0.717, 1.165) is 37.8 Å². The number of nitrogens with zero attached hydrogens (tertiary/aromatic N) is 2. The molecule has 1 fully saturated rings. The molecule has 1 saturated heterocycles. The lowest BCUT2D eigenvalue weighted by Crippen LogP contribution is -2.16. The molecular formula is C12H21N3O. The van der Waals surface area contributed by atoms with Gasteiger partial charge in [0.1, 0.15) is 0 Å². The second-order valence-corrected chi connectivity index (χ2v) is 4.91. The van der Waals surface area contributed by atoms with Crippen LogP contribution in [-0.2, 0) is 4.74 Å². The summed E-state index contributed by atoms with van der Waals surface area (Å²) in [6, 6.07) is 0.455. The van der Waals surface area contributed by atoms with Crippen LogP contribution in [0.2, 0.25) is 0 Å². The first-order valence-electron chi connectivity index (χ1n) is 6.04. The van der Waals surface area contributed by atoms with Crippen molar-refractivity contribution in [1.29, 1.82) is 0 Å². The van der Waals surface area contributed by atoms with Gasteiger partial charge in [0.2, 0.25) is 5.95 Å². The van der Waals surface area contributed by atoms with Gasteiger partial charge in [-0.25, -0.2) is 4.98 Å². The molecule has 0 amide bonds. The lowest BCUT2D eigenvalue weighted by molar-refractivity contribution is 0.187. The first kappa shape index (κ1) is 11.5. The summed E-state index contributed by atoms with van der Waals surface area (Å²) >= 11 is 0. The topological polar surface area (TPSA) is 39.1 Å². The van der Waals surface area contributed by atoms with Crippen molar-refractivity contribution >= 4 is 5.95 Å². The van der Waals surface area contributed by atoms with Gasteiger partial charge in [-0.3, -0.25) is 0 Å². The van der Waals surface area contributed by atoms with Gasteiger partial charge in [-0.05, 0) is 19.3 Å². The Labute approximate surface area is 97.0 Å². The van der Waals surface area contributed by atoms with Crippen LogP contribution in [0.4, 0.5) is 5.95 Å². The molecule has 1 aliphatic rings. The number of imidazole rings is 1. The molecule has 0 bridgehead atoms. The number of hydrogen-bond donors (Lipinski definition) is 1. The first-order chi connectivity index (χ1) is 7.66. The summed E-state index contributed by atoms with van der Waals surface area (Å²) in [6.07, 6.45) is 3.20. The fourth-order valence-corrected chi connectivity index (χ4v) is 1.96. The van der Waals surface area contributed by atoms with Gasteiger partial charge >= 0.3 is 0 Å². The Balaban J connectivity index is 2.09. The van der Waals surface area contributed by atoms with Crippen LogP contribution in [0.1, 0.15) is 32.0 Å². The van der Waals surface area contributed by atoms with Crippen molar-refractivity contribution in [3.05, 3.63) is 11.9 Å². The maximum absolute atomic E-state index is 5.42. The zero-order chi connectivity index (χ0) is 11.5. The number of hydrogen-bond acceptors (Lipinski definition) is 3. The highest BCUT2D eigenvalue weighted by Gasteiger charge is 2.20. The molecule has 0 aliphatic carbocycles. The number of nitrogens with one attached hydrogen (secondary N) is 1. The van der Waals surface area contributed by atoms with Crippen LogP contribution in [0.15, 0.2) is 6.20 Å². The SMILES string of the molecule is Cc1cn(C2CCOC2)c(NCC(C)C)n1. The Kier molecular flexibility index (Phi) is 3.49. The quantitative estimate of drug-likeness (QED) is 0.850. The van der Waals surface area contributed by atoms with E-state index < -0.39 is 0 Å². The van der Waals surface area contributed by atoms with E-state index in [9.17, 15) is 0 Å². The smallest absolute Gasteiger partial charge is 0.203 e. The second kappa shape index (κ2) is 4.87. The van der Waals surface area contributed by atoms with Crippen LogP contribution in [0.5, 0.6) is 0 Å². The number of rotatable bonds is 4. The minimum atomic E-state index is 0.455. The molecule has 4 nitrogen and oxygen atoms in total.